The molecule has 0 amide bonds. The molecule has 102 valence electrons. The maximum atomic E-state index is 12.4. The standard InChI is InChI=1S/C14H13N3O3/c1-9(18)8-17-10-5-6-12(20-2)15-13(10)16-7-3-4-11(16)14(17)19/h3-7H,8H2,1-2H3. The first-order valence-electron chi connectivity index (χ1n) is 6.16. The molecule has 0 N–H and O–H groups in total. The fourth-order valence-electron chi connectivity index (χ4n) is 2.29. The summed E-state index contributed by atoms with van der Waals surface area (Å²) in [6.45, 7) is 1.49. The van der Waals surface area contributed by atoms with Gasteiger partial charge in [0.05, 0.1) is 19.2 Å². The molecule has 0 aliphatic heterocycles. The van der Waals surface area contributed by atoms with Crippen molar-refractivity contribution < 1.29 is 9.53 Å². The summed E-state index contributed by atoms with van der Waals surface area (Å²) in [6.07, 6.45) is 1.77. The van der Waals surface area contributed by atoms with Crippen LogP contribution < -0.4 is 10.3 Å². The van der Waals surface area contributed by atoms with Crippen LogP contribution in [0.25, 0.3) is 16.7 Å². The fourth-order valence-corrected chi connectivity index (χ4v) is 2.29. The minimum Gasteiger partial charge on any atom is -0.481 e. The fraction of sp³-hybridized carbons (Fsp3) is 0.214. The number of hydrogen-bond donors (Lipinski definition) is 0. The van der Waals surface area contributed by atoms with Gasteiger partial charge in [-0.3, -0.25) is 18.6 Å². The van der Waals surface area contributed by atoms with Crippen molar-refractivity contribution in [1.82, 2.24) is 14.0 Å². The average Bonchev–Trinajstić information content (AvgIpc) is 2.92. The molecule has 6 nitrogen and oxygen atoms in total. The number of ether oxygens (including phenoxy) is 1. The Balaban J connectivity index is 2.48. The van der Waals surface area contributed by atoms with Gasteiger partial charge < -0.3 is 4.74 Å². The number of Topliss-reactive ketones (excluding diaryl/α,β-unsaturated/α-hetero) is 1. The van der Waals surface area contributed by atoms with Gasteiger partial charge in [-0.2, -0.15) is 4.98 Å². The van der Waals surface area contributed by atoms with E-state index in [9.17, 15) is 9.59 Å². The van der Waals surface area contributed by atoms with E-state index in [4.69, 9.17) is 4.74 Å². The number of carbonyl (C=O) groups excluding carboxylic acids is 1. The van der Waals surface area contributed by atoms with Crippen LogP contribution in [0.15, 0.2) is 35.3 Å². The predicted octanol–water partition coefficient (Wildman–Crippen LogP) is 1.25. The van der Waals surface area contributed by atoms with Crippen molar-refractivity contribution in [2.45, 2.75) is 13.5 Å². The second kappa shape index (κ2) is 4.48. The Morgan fingerprint density at radius 3 is 2.80 bits per heavy atom. The predicted molar refractivity (Wildman–Crippen MR) is 74.2 cm³/mol. The van der Waals surface area contributed by atoms with Gasteiger partial charge in [0, 0.05) is 12.3 Å². The summed E-state index contributed by atoms with van der Waals surface area (Å²) in [6, 6.07) is 6.90. The van der Waals surface area contributed by atoms with Crippen LogP contribution in [0.5, 0.6) is 5.88 Å². The van der Waals surface area contributed by atoms with Crippen molar-refractivity contribution in [2.75, 3.05) is 7.11 Å². The van der Waals surface area contributed by atoms with Crippen LogP contribution in [0, 0.1) is 0 Å². The van der Waals surface area contributed by atoms with Crippen LogP contribution in [0.2, 0.25) is 0 Å². The van der Waals surface area contributed by atoms with Crippen LogP contribution >= 0.6 is 0 Å². The SMILES string of the molecule is COc1ccc2c(n1)n1cccc1c(=O)n2CC(C)=O. The molecule has 0 aliphatic carbocycles. The normalized spacial score (nSPS) is 11.1. The van der Waals surface area contributed by atoms with E-state index in [1.54, 1.807) is 34.9 Å². The molecule has 0 atom stereocenters. The van der Waals surface area contributed by atoms with Crippen molar-refractivity contribution in [3.63, 3.8) is 0 Å². The molecular weight excluding hydrogens is 258 g/mol. The number of nitrogens with zero attached hydrogens (tertiary/aromatic N) is 3. The third-order valence-electron chi connectivity index (χ3n) is 3.15. The summed E-state index contributed by atoms with van der Waals surface area (Å²) < 4.78 is 8.27. The quantitative estimate of drug-likeness (QED) is 0.719. The van der Waals surface area contributed by atoms with E-state index < -0.39 is 0 Å². The number of rotatable bonds is 3. The molecule has 6 heteroatoms. The van der Waals surface area contributed by atoms with E-state index in [2.05, 4.69) is 4.98 Å². The summed E-state index contributed by atoms with van der Waals surface area (Å²) in [5.41, 5.74) is 1.48. The Kier molecular flexibility index (Phi) is 2.78. The van der Waals surface area contributed by atoms with E-state index in [1.165, 1.54) is 18.6 Å². The zero-order chi connectivity index (χ0) is 14.3. The van der Waals surface area contributed by atoms with E-state index >= 15 is 0 Å². The third-order valence-corrected chi connectivity index (χ3v) is 3.15. The molecule has 0 spiro atoms. The maximum Gasteiger partial charge on any atom is 0.275 e. The first-order chi connectivity index (χ1) is 9.61. The van der Waals surface area contributed by atoms with Crippen molar-refractivity contribution in [3.05, 3.63) is 40.8 Å². The molecule has 3 rings (SSSR count). The lowest BCUT2D eigenvalue weighted by Gasteiger charge is -2.11. The number of ketones is 1. The van der Waals surface area contributed by atoms with Crippen molar-refractivity contribution in [3.8, 4) is 5.88 Å². The lowest BCUT2D eigenvalue weighted by Crippen LogP contribution is -2.25. The van der Waals surface area contributed by atoms with Crippen LogP contribution in [-0.2, 0) is 11.3 Å². The van der Waals surface area contributed by atoms with Crippen molar-refractivity contribution in [1.29, 1.82) is 0 Å². The molecule has 0 unspecified atom stereocenters. The maximum absolute atomic E-state index is 12.4. The van der Waals surface area contributed by atoms with E-state index in [0.29, 0.717) is 22.6 Å². The van der Waals surface area contributed by atoms with Gasteiger partial charge in [0.25, 0.3) is 5.56 Å². The van der Waals surface area contributed by atoms with Crippen LogP contribution in [-0.4, -0.2) is 26.8 Å². The highest BCUT2D eigenvalue weighted by Gasteiger charge is 2.13. The third kappa shape index (κ3) is 1.77. The lowest BCUT2D eigenvalue weighted by molar-refractivity contribution is -0.117. The highest BCUT2D eigenvalue weighted by Crippen LogP contribution is 2.17. The minimum absolute atomic E-state index is 0.0328. The zero-order valence-corrected chi connectivity index (χ0v) is 11.2. The molecule has 3 aromatic rings. The molecular formula is C14H13N3O3. The summed E-state index contributed by atoms with van der Waals surface area (Å²) in [4.78, 5) is 28.2. The Labute approximate surface area is 114 Å². The second-order valence-corrected chi connectivity index (χ2v) is 4.55. The summed E-state index contributed by atoms with van der Waals surface area (Å²) in [5.74, 6) is 0.376. The number of carbonyl (C=O) groups is 1. The van der Waals surface area contributed by atoms with Gasteiger partial charge in [0.2, 0.25) is 5.88 Å². The number of aromatic nitrogens is 3. The molecule has 0 aliphatic rings. The number of fused-ring (bicyclic) bond motifs is 3. The molecule has 20 heavy (non-hydrogen) atoms. The monoisotopic (exact) mass is 271 g/mol. The first kappa shape index (κ1) is 12.4. The molecule has 3 aromatic heterocycles. The Hall–Kier alpha value is -2.63. The Morgan fingerprint density at radius 1 is 1.30 bits per heavy atom. The van der Waals surface area contributed by atoms with E-state index in [-0.39, 0.29) is 17.9 Å². The molecule has 0 aromatic carbocycles. The summed E-state index contributed by atoms with van der Waals surface area (Å²) >= 11 is 0. The number of pyridine rings is 1. The van der Waals surface area contributed by atoms with Crippen LogP contribution in [0.1, 0.15) is 6.92 Å². The second-order valence-electron chi connectivity index (χ2n) is 4.55. The van der Waals surface area contributed by atoms with Gasteiger partial charge in [-0.05, 0) is 25.1 Å². The first-order valence-corrected chi connectivity index (χ1v) is 6.16. The van der Waals surface area contributed by atoms with E-state index in [0.717, 1.165) is 0 Å². The largest absolute Gasteiger partial charge is 0.481 e. The van der Waals surface area contributed by atoms with Crippen LogP contribution in [0.3, 0.4) is 0 Å². The summed E-state index contributed by atoms with van der Waals surface area (Å²) in [7, 11) is 1.53. The minimum atomic E-state index is -0.204. The Bertz CT molecular complexity index is 876. The Morgan fingerprint density at radius 2 is 2.10 bits per heavy atom. The van der Waals surface area contributed by atoms with Crippen molar-refractivity contribution in [2.24, 2.45) is 0 Å². The van der Waals surface area contributed by atoms with Crippen molar-refractivity contribution >= 4 is 22.5 Å². The van der Waals surface area contributed by atoms with Crippen LogP contribution in [0.4, 0.5) is 0 Å². The molecule has 0 bridgehead atoms. The highest BCUT2D eigenvalue weighted by molar-refractivity contribution is 5.80. The number of methoxy groups -OCH3 is 1. The number of hydrogen-bond acceptors (Lipinski definition) is 4. The molecule has 0 saturated carbocycles. The van der Waals surface area contributed by atoms with Gasteiger partial charge in [-0.15, -0.1) is 0 Å². The van der Waals surface area contributed by atoms with Gasteiger partial charge >= 0.3 is 0 Å². The smallest absolute Gasteiger partial charge is 0.275 e. The average molecular weight is 271 g/mol. The summed E-state index contributed by atoms with van der Waals surface area (Å²) in [5, 5.41) is 0. The van der Waals surface area contributed by atoms with Gasteiger partial charge in [0.15, 0.2) is 5.65 Å². The van der Waals surface area contributed by atoms with Gasteiger partial charge in [-0.25, -0.2) is 0 Å². The topological polar surface area (TPSA) is 65.6 Å². The van der Waals surface area contributed by atoms with Gasteiger partial charge in [0.1, 0.15) is 11.3 Å². The lowest BCUT2D eigenvalue weighted by atomic mass is 10.3. The van der Waals surface area contributed by atoms with E-state index in [1.807, 2.05) is 0 Å². The highest BCUT2D eigenvalue weighted by atomic mass is 16.5. The van der Waals surface area contributed by atoms with Gasteiger partial charge in [-0.1, -0.05) is 0 Å². The zero-order valence-electron chi connectivity index (χ0n) is 11.2. The molecule has 0 fully saturated rings. The molecule has 3 heterocycles. The molecule has 0 saturated heterocycles. The molecule has 0 radical (unpaired) electrons.